The number of thiophene rings is 1. The highest BCUT2D eigenvalue weighted by atomic mass is 32.1. The first kappa shape index (κ1) is 14.5. The van der Waals surface area contributed by atoms with Crippen LogP contribution in [0.1, 0.15) is 35.0 Å². The van der Waals surface area contributed by atoms with Crippen LogP contribution in [0.15, 0.2) is 24.3 Å². The molecule has 3 nitrogen and oxygen atoms in total. The number of nitrogens with zero attached hydrogens (tertiary/aromatic N) is 1. The maximum absolute atomic E-state index is 12.8. The van der Waals surface area contributed by atoms with Crippen LogP contribution in [-0.2, 0) is 0 Å². The van der Waals surface area contributed by atoms with Gasteiger partial charge in [0.05, 0.1) is 11.0 Å². The van der Waals surface area contributed by atoms with E-state index in [1.165, 1.54) is 10.1 Å². The van der Waals surface area contributed by atoms with Gasteiger partial charge >= 0.3 is 0 Å². The predicted octanol–water partition coefficient (Wildman–Crippen LogP) is 3.44. The predicted molar refractivity (Wildman–Crippen MR) is 86.9 cm³/mol. The van der Waals surface area contributed by atoms with Crippen LogP contribution < -0.4 is 0 Å². The highest BCUT2D eigenvalue weighted by Gasteiger charge is 2.28. The molecule has 4 heteroatoms. The maximum Gasteiger partial charge on any atom is 0.264 e. The van der Waals surface area contributed by atoms with Crippen LogP contribution in [0.3, 0.4) is 0 Å². The third-order valence-corrected chi connectivity index (χ3v) is 5.73. The van der Waals surface area contributed by atoms with Gasteiger partial charge in [-0.2, -0.15) is 0 Å². The summed E-state index contributed by atoms with van der Waals surface area (Å²) in [6.45, 7) is 5.32. The summed E-state index contributed by atoms with van der Waals surface area (Å²) in [5.74, 6) is 0.330. The van der Waals surface area contributed by atoms with E-state index in [9.17, 15) is 9.90 Å². The number of amides is 1. The van der Waals surface area contributed by atoms with E-state index in [4.69, 9.17) is 0 Å². The van der Waals surface area contributed by atoms with Crippen molar-refractivity contribution in [3.8, 4) is 0 Å². The molecule has 2 heterocycles. The monoisotopic (exact) mass is 303 g/mol. The van der Waals surface area contributed by atoms with Crippen molar-refractivity contribution in [3.05, 3.63) is 34.7 Å². The van der Waals surface area contributed by atoms with E-state index in [1.54, 1.807) is 11.3 Å². The first-order valence-corrected chi connectivity index (χ1v) is 8.35. The molecule has 112 valence electrons. The highest BCUT2D eigenvalue weighted by molar-refractivity contribution is 7.21. The molecule has 1 aliphatic rings. The first-order chi connectivity index (χ1) is 10.1. The molecule has 1 N–H and O–H groups in total. The van der Waals surface area contributed by atoms with Gasteiger partial charge in [0.2, 0.25) is 0 Å². The number of aliphatic hydroxyl groups is 1. The van der Waals surface area contributed by atoms with Crippen molar-refractivity contribution in [3.63, 3.8) is 0 Å². The van der Waals surface area contributed by atoms with Gasteiger partial charge in [-0.25, -0.2) is 0 Å². The van der Waals surface area contributed by atoms with Crippen molar-refractivity contribution in [2.75, 3.05) is 13.1 Å². The van der Waals surface area contributed by atoms with Crippen molar-refractivity contribution in [2.24, 2.45) is 5.92 Å². The molecule has 1 aliphatic heterocycles. The number of hydrogen-bond acceptors (Lipinski definition) is 3. The summed E-state index contributed by atoms with van der Waals surface area (Å²) in [6.07, 6.45) is 1.64. The van der Waals surface area contributed by atoms with Gasteiger partial charge in [-0.15, -0.1) is 11.3 Å². The van der Waals surface area contributed by atoms with Gasteiger partial charge in [0.25, 0.3) is 5.91 Å². The highest BCUT2D eigenvalue weighted by Crippen LogP contribution is 2.32. The molecule has 0 spiro atoms. The van der Waals surface area contributed by atoms with Crippen LogP contribution in [-0.4, -0.2) is 35.1 Å². The van der Waals surface area contributed by atoms with Crippen molar-refractivity contribution in [1.82, 2.24) is 4.90 Å². The Balaban J connectivity index is 1.88. The third-order valence-electron chi connectivity index (χ3n) is 4.47. The minimum Gasteiger partial charge on any atom is -0.393 e. The van der Waals surface area contributed by atoms with E-state index in [2.05, 4.69) is 12.1 Å². The first-order valence-electron chi connectivity index (χ1n) is 7.53. The Morgan fingerprint density at radius 1 is 1.43 bits per heavy atom. The van der Waals surface area contributed by atoms with Crippen LogP contribution >= 0.6 is 11.3 Å². The zero-order valence-electron chi connectivity index (χ0n) is 12.5. The van der Waals surface area contributed by atoms with E-state index in [1.807, 2.05) is 30.9 Å². The molecular formula is C17H21NO2S. The third kappa shape index (κ3) is 2.70. The molecule has 3 rings (SSSR count). The average Bonchev–Trinajstić information content (AvgIpc) is 2.84. The lowest BCUT2D eigenvalue weighted by Crippen LogP contribution is -2.42. The van der Waals surface area contributed by atoms with Gasteiger partial charge in [-0.1, -0.05) is 18.2 Å². The van der Waals surface area contributed by atoms with Gasteiger partial charge in [0.15, 0.2) is 0 Å². The summed E-state index contributed by atoms with van der Waals surface area (Å²) in [5, 5.41) is 11.0. The van der Waals surface area contributed by atoms with Crippen molar-refractivity contribution in [1.29, 1.82) is 0 Å². The Kier molecular flexibility index (Phi) is 4.00. The zero-order valence-corrected chi connectivity index (χ0v) is 13.3. The number of aryl methyl sites for hydroxylation is 1. The smallest absolute Gasteiger partial charge is 0.264 e. The second-order valence-corrected chi connectivity index (χ2v) is 7.00. The van der Waals surface area contributed by atoms with Crippen molar-refractivity contribution in [2.45, 2.75) is 32.8 Å². The Hall–Kier alpha value is -1.39. The molecule has 2 atom stereocenters. The molecule has 0 saturated carbocycles. The molecule has 21 heavy (non-hydrogen) atoms. The van der Waals surface area contributed by atoms with Gasteiger partial charge in [-0.3, -0.25) is 4.79 Å². The molecule has 1 aromatic carbocycles. The van der Waals surface area contributed by atoms with Crippen molar-refractivity contribution < 1.29 is 9.90 Å². The topological polar surface area (TPSA) is 40.5 Å². The number of fused-ring (bicyclic) bond motifs is 1. The molecule has 1 aromatic heterocycles. The number of carbonyl (C=O) groups is 1. The lowest BCUT2D eigenvalue weighted by molar-refractivity contribution is 0.0469. The Morgan fingerprint density at radius 3 is 2.90 bits per heavy atom. The summed E-state index contributed by atoms with van der Waals surface area (Å²) < 4.78 is 1.17. The minimum atomic E-state index is -0.343. The van der Waals surface area contributed by atoms with E-state index in [-0.39, 0.29) is 17.9 Å². The van der Waals surface area contributed by atoms with Gasteiger partial charge in [0.1, 0.15) is 0 Å². The van der Waals surface area contributed by atoms with Gasteiger partial charge in [0, 0.05) is 23.7 Å². The quantitative estimate of drug-likeness (QED) is 0.923. The molecular weight excluding hydrogens is 282 g/mol. The standard InChI is InChI=1S/C17H21NO2S/c1-11-14-7-3-4-8-15(14)21-16(11)17(20)18-9-5-6-13(10-18)12(2)19/h3-4,7-8,12-13,19H,5-6,9-10H2,1-2H3. The molecule has 0 radical (unpaired) electrons. The molecule has 2 unspecified atom stereocenters. The fourth-order valence-corrected chi connectivity index (χ4v) is 4.29. The number of piperidine rings is 1. The molecule has 0 aliphatic carbocycles. The molecule has 0 bridgehead atoms. The minimum absolute atomic E-state index is 0.124. The largest absolute Gasteiger partial charge is 0.393 e. The van der Waals surface area contributed by atoms with E-state index in [0.29, 0.717) is 6.54 Å². The van der Waals surface area contributed by atoms with E-state index >= 15 is 0 Å². The SMILES string of the molecule is Cc1c(C(=O)N2CCCC(C(C)O)C2)sc2ccccc12. The number of aliphatic hydroxyl groups excluding tert-OH is 1. The summed E-state index contributed by atoms with van der Waals surface area (Å²) in [5.41, 5.74) is 1.08. The normalized spacial score (nSPS) is 20.7. The van der Waals surface area contributed by atoms with E-state index < -0.39 is 0 Å². The van der Waals surface area contributed by atoms with Crippen LogP contribution in [0.25, 0.3) is 10.1 Å². The number of hydrogen-bond donors (Lipinski definition) is 1. The van der Waals surface area contributed by atoms with Crippen LogP contribution in [0.5, 0.6) is 0 Å². The fourth-order valence-electron chi connectivity index (χ4n) is 3.11. The lowest BCUT2D eigenvalue weighted by atomic mass is 9.93. The molecule has 2 aromatic rings. The second kappa shape index (κ2) is 5.78. The number of carbonyl (C=O) groups excluding carboxylic acids is 1. The molecule has 1 amide bonds. The molecule has 1 fully saturated rings. The van der Waals surface area contributed by atoms with Gasteiger partial charge in [-0.05, 0) is 43.7 Å². The Morgan fingerprint density at radius 2 is 2.19 bits per heavy atom. The average molecular weight is 303 g/mol. The molecule has 1 saturated heterocycles. The second-order valence-electron chi connectivity index (χ2n) is 5.95. The summed E-state index contributed by atoms with van der Waals surface area (Å²) in [6, 6.07) is 8.17. The van der Waals surface area contributed by atoms with Crippen LogP contribution in [0, 0.1) is 12.8 Å². The Labute approximate surface area is 129 Å². The summed E-state index contributed by atoms with van der Waals surface area (Å²) >= 11 is 1.58. The van der Waals surface area contributed by atoms with Gasteiger partial charge < -0.3 is 10.0 Å². The van der Waals surface area contributed by atoms with Crippen LogP contribution in [0.2, 0.25) is 0 Å². The van der Waals surface area contributed by atoms with Crippen LogP contribution in [0.4, 0.5) is 0 Å². The zero-order chi connectivity index (χ0) is 15.0. The summed E-state index contributed by atoms with van der Waals surface area (Å²) in [7, 11) is 0. The number of benzene rings is 1. The maximum atomic E-state index is 12.8. The summed E-state index contributed by atoms with van der Waals surface area (Å²) in [4.78, 5) is 15.6. The van der Waals surface area contributed by atoms with E-state index in [0.717, 1.165) is 29.8 Å². The Bertz CT molecular complexity index is 662. The number of rotatable bonds is 2. The lowest BCUT2D eigenvalue weighted by Gasteiger charge is -2.34. The number of likely N-dealkylation sites (tertiary alicyclic amines) is 1. The van der Waals surface area contributed by atoms with Crippen molar-refractivity contribution >= 4 is 27.3 Å². The fraction of sp³-hybridized carbons (Fsp3) is 0.471.